The molecule has 0 saturated heterocycles. The van der Waals surface area contributed by atoms with Gasteiger partial charge in [0.1, 0.15) is 0 Å². The van der Waals surface area contributed by atoms with Gasteiger partial charge in [0, 0.05) is 0 Å². The third kappa shape index (κ3) is 8.34. The molecule has 3 saturated carbocycles. The van der Waals surface area contributed by atoms with Crippen molar-refractivity contribution in [2.45, 2.75) is 162 Å². The summed E-state index contributed by atoms with van der Waals surface area (Å²) in [4.78, 5) is 0. The maximum Gasteiger partial charge on any atom is -0.0360 e. The standard InChI is InChI=1S/C32H60/c1-4-6-7-8-9-17-28-20-14-21-29(28)18-10-11-19-30-22-15-23-31(30)25-26(3)32-24-13-12-16-27(32)5-2/h26-32H,4-25H2,1-3H3. The highest BCUT2D eigenvalue weighted by Gasteiger charge is 2.33. The van der Waals surface area contributed by atoms with Crippen LogP contribution in [0.1, 0.15) is 162 Å². The highest BCUT2D eigenvalue weighted by molar-refractivity contribution is 4.84. The molecule has 0 aromatic carbocycles. The quantitative estimate of drug-likeness (QED) is 0.220. The molecule has 0 nitrogen and oxygen atoms in total. The van der Waals surface area contributed by atoms with Crippen molar-refractivity contribution in [3.05, 3.63) is 0 Å². The summed E-state index contributed by atoms with van der Waals surface area (Å²) < 4.78 is 0. The molecule has 0 aliphatic heterocycles. The first-order valence-electron chi connectivity index (χ1n) is 15.7. The summed E-state index contributed by atoms with van der Waals surface area (Å²) in [6.45, 7) is 7.42. The second kappa shape index (κ2) is 15.1. The van der Waals surface area contributed by atoms with E-state index in [4.69, 9.17) is 0 Å². The minimum atomic E-state index is 0.988. The Morgan fingerprint density at radius 3 is 1.66 bits per heavy atom. The predicted octanol–water partition coefficient (Wildman–Crippen LogP) is 11.0. The highest BCUT2D eigenvalue weighted by Crippen LogP contribution is 2.45. The van der Waals surface area contributed by atoms with Crippen LogP contribution in [-0.4, -0.2) is 0 Å². The average Bonchev–Trinajstić information content (AvgIpc) is 3.45. The van der Waals surface area contributed by atoms with Gasteiger partial charge in [-0.3, -0.25) is 0 Å². The average molecular weight is 445 g/mol. The van der Waals surface area contributed by atoms with Crippen LogP contribution in [0.4, 0.5) is 0 Å². The molecule has 3 fully saturated rings. The Morgan fingerprint density at radius 2 is 1.03 bits per heavy atom. The summed E-state index contributed by atoms with van der Waals surface area (Å²) in [5, 5.41) is 0. The van der Waals surface area contributed by atoms with Gasteiger partial charge in [-0.1, -0.05) is 149 Å². The van der Waals surface area contributed by atoms with Crippen molar-refractivity contribution in [2.24, 2.45) is 41.4 Å². The fourth-order valence-corrected chi connectivity index (χ4v) is 8.65. The molecule has 3 rings (SSSR count). The Balaban J connectivity index is 1.31. The van der Waals surface area contributed by atoms with Crippen molar-refractivity contribution in [2.75, 3.05) is 0 Å². The lowest BCUT2D eigenvalue weighted by Crippen LogP contribution is -2.27. The van der Waals surface area contributed by atoms with E-state index < -0.39 is 0 Å². The SMILES string of the molecule is CCCCCCCC1CCCC1CCCCC1CCCC1CC(C)C1CCCCC1CC. The smallest absolute Gasteiger partial charge is 0.0360 e. The molecule has 3 aliphatic carbocycles. The van der Waals surface area contributed by atoms with Gasteiger partial charge in [0.15, 0.2) is 0 Å². The molecule has 3 aliphatic rings. The second-order valence-corrected chi connectivity index (χ2v) is 12.7. The third-order valence-corrected chi connectivity index (χ3v) is 10.6. The van der Waals surface area contributed by atoms with Crippen LogP contribution in [0.25, 0.3) is 0 Å². The van der Waals surface area contributed by atoms with E-state index >= 15 is 0 Å². The highest BCUT2D eigenvalue weighted by atomic mass is 14.4. The summed E-state index contributed by atoms with van der Waals surface area (Å²) >= 11 is 0. The van der Waals surface area contributed by atoms with E-state index in [-0.39, 0.29) is 0 Å². The first-order chi connectivity index (χ1) is 15.7. The number of rotatable bonds is 15. The number of hydrogen-bond acceptors (Lipinski definition) is 0. The third-order valence-electron chi connectivity index (χ3n) is 10.6. The first-order valence-corrected chi connectivity index (χ1v) is 15.7. The molecule has 0 aromatic rings. The van der Waals surface area contributed by atoms with Gasteiger partial charge in [-0.25, -0.2) is 0 Å². The summed E-state index contributed by atoms with van der Waals surface area (Å²) in [5.41, 5.74) is 0. The monoisotopic (exact) mass is 444 g/mol. The van der Waals surface area contributed by atoms with Gasteiger partial charge in [0.2, 0.25) is 0 Å². The van der Waals surface area contributed by atoms with Gasteiger partial charge in [-0.2, -0.15) is 0 Å². The van der Waals surface area contributed by atoms with Gasteiger partial charge in [-0.05, 0) is 54.3 Å². The molecule has 0 amide bonds. The van der Waals surface area contributed by atoms with Crippen LogP contribution in [0.15, 0.2) is 0 Å². The maximum atomic E-state index is 2.64. The van der Waals surface area contributed by atoms with Crippen LogP contribution >= 0.6 is 0 Å². The number of unbranched alkanes of at least 4 members (excludes halogenated alkanes) is 5. The van der Waals surface area contributed by atoms with Crippen LogP contribution in [0.2, 0.25) is 0 Å². The Bertz CT molecular complexity index is 467. The van der Waals surface area contributed by atoms with Crippen molar-refractivity contribution < 1.29 is 0 Å². The summed E-state index contributed by atoms with van der Waals surface area (Å²) in [6, 6.07) is 0. The van der Waals surface area contributed by atoms with E-state index in [2.05, 4.69) is 20.8 Å². The minimum Gasteiger partial charge on any atom is -0.0654 e. The van der Waals surface area contributed by atoms with Crippen LogP contribution in [0.5, 0.6) is 0 Å². The summed E-state index contributed by atoms with van der Waals surface area (Å²) in [6.07, 6.45) is 33.5. The lowest BCUT2D eigenvalue weighted by Gasteiger charge is -2.37. The summed E-state index contributed by atoms with van der Waals surface area (Å²) in [5.74, 6) is 7.44. The molecular weight excluding hydrogens is 384 g/mol. The Labute approximate surface area is 203 Å². The van der Waals surface area contributed by atoms with Crippen molar-refractivity contribution in [1.82, 2.24) is 0 Å². The van der Waals surface area contributed by atoms with Gasteiger partial charge in [0.05, 0.1) is 0 Å². The molecule has 0 heteroatoms. The zero-order valence-electron chi connectivity index (χ0n) is 22.6. The van der Waals surface area contributed by atoms with Crippen LogP contribution in [0.3, 0.4) is 0 Å². The second-order valence-electron chi connectivity index (χ2n) is 12.7. The minimum absolute atomic E-state index is 0.988. The Morgan fingerprint density at radius 1 is 0.531 bits per heavy atom. The van der Waals surface area contributed by atoms with E-state index in [1.165, 1.54) is 89.9 Å². The van der Waals surface area contributed by atoms with Crippen molar-refractivity contribution in [1.29, 1.82) is 0 Å². The molecular formula is C32H60. The lowest BCUT2D eigenvalue weighted by atomic mass is 9.69. The van der Waals surface area contributed by atoms with E-state index in [1.54, 1.807) is 51.4 Å². The molecule has 32 heavy (non-hydrogen) atoms. The van der Waals surface area contributed by atoms with Crippen LogP contribution in [-0.2, 0) is 0 Å². The van der Waals surface area contributed by atoms with E-state index in [9.17, 15) is 0 Å². The fraction of sp³-hybridized carbons (Fsp3) is 1.00. The van der Waals surface area contributed by atoms with Gasteiger partial charge in [0.25, 0.3) is 0 Å². The molecule has 0 radical (unpaired) electrons. The maximum absolute atomic E-state index is 2.64. The van der Waals surface area contributed by atoms with Crippen molar-refractivity contribution in [3.63, 3.8) is 0 Å². The van der Waals surface area contributed by atoms with Gasteiger partial charge < -0.3 is 0 Å². The van der Waals surface area contributed by atoms with E-state index in [0.717, 1.165) is 41.4 Å². The Hall–Kier alpha value is 0. The topological polar surface area (TPSA) is 0 Å². The molecule has 7 unspecified atom stereocenters. The van der Waals surface area contributed by atoms with Gasteiger partial charge >= 0.3 is 0 Å². The Kier molecular flexibility index (Phi) is 12.5. The molecule has 0 heterocycles. The summed E-state index contributed by atoms with van der Waals surface area (Å²) in [7, 11) is 0. The predicted molar refractivity (Wildman–Crippen MR) is 143 cm³/mol. The zero-order chi connectivity index (χ0) is 22.6. The molecule has 7 atom stereocenters. The van der Waals surface area contributed by atoms with E-state index in [0.29, 0.717) is 0 Å². The molecule has 0 spiro atoms. The van der Waals surface area contributed by atoms with Crippen LogP contribution in [0, 0.1) is 41.4 Å². The van der Waals surface area contributed by atoms with Crippen molar-refractivity contribution in [3.8, 4) is 0 Å². The molecule has 188 valence electrons. The van der Waals surface area contributed by atoms with Gasteiger partial charge in [-0.15, -0.1) is 0 Å². The lowest BCUT2D eigenvalue weighted by molar-refractivity contribution is 0.136. The largest absolute Gasteiger partial charge is 0.0654 e. The fourth-order valence-electron chi connectivity index (χ4n) is 8.65. The van der Waals surface area contributed by atoms with Crippen LogP contribution < -0.4 is 0 Å². The molecule has 0 bridgehead atoms. The zero-order valence-corrected chi connectivity index (χ0v) is 22.6. The normalized spacial score (nSPS) is 34.2. The molecule has 0 N–H and O–H groups in total. The van der Waals surface area contributed by atoms with Crippen molar-refractivity contribution >= 4 is 0 Å². The first kappa shape index (κ1) is 26.6. The van der Waals surface area contributed by atoms with E-state index in [1.807, 2.05) is 0 Å². The molecule has 0 aromatic heterocycles. The number of hydrogen-bond donors (Lipinski definition) is 0.